The van der Waals surface area contributed by atoms with Crippen LogP contribution in [0.5, 0.6) is 0 Å². The summed E-state index contributed by atoms with van der Waals surface area (Å²) >= 11 is 0. The van der Waals surface area contributed by atoms with Gasteiger partial charge in [-0.1, -0.05) is 197 Å². The van der Waals surface area contributed by atoms with Crippen molar-refractivity contribution in [2.24, 2.45) is 0 Å². The lowest BCUT2D eigenvalue weighted by molar-refractivity contribution is -0.154. The van der Waals surface area contributed by atoms with E-state index in [4.69, 9.17) is 23.6 Å². The van der Waals surface area contributed by atoms with E-state index >= 15 is 0 Å². The highest BCUT2D eigenvalue weighted by Gasteiger charge is 2.26. The first kappa shape index (κ1) is 57.2. The highest BCUT2D eigenvalue weighted by atomic mass is 31.2. The van der Waals surface area contributed by atoms with Crippen LogP contribution in [0.1, 0.15) is 200 Å². The molecule has 0 amide bonds. The maximum Gasteiger partial charge on any atom is 0.472 e. The fraction of sp³-hybridized carbons (Fsp3) is 0.776. The number of aliphatic hydroxyl groups excluding tert-OH is 2. The molecule has 0 fully saturated rings. The second-order valence-electron chi connectivity index (χ2n) is 15.8. The average molecular weight is 853 g/mol. The summed E-state index contributed by atoms with van der Waals surface area (Å²) in [4.78, 5) is 22.6. The molecule has 0 heterocycles. The number of unbranched alkanes of at least 4 members (excludes halogenated alkanes) is 21. The zero-order valence-corrected chi connectivity index (χ0v) is 38.6. The number of ether oxygens (including phenoxy) is 2. The van der Waals surface area contributed by atoms with Gasteiger partial charge in [-0.05, 0) is 57.8 Å². The molecule has 3 atom stereocenters. The summed E-state index contributed by atoms with van der Waals surface area (Å²) in [6.45, 7) is 3.31. The first-order chi connectivity index (χ1) is 28.8. The van der Waals surface area contributed by atoms with Crippen molar-refractivity contribution in [1.29, 1.82) is 0 Å². The molecule has 3 N–H and O–H groups in total. The SMILES string of the molecule is CC/C=C\C/C=C\C/C=C\C/C=C\C/C=C\CCCCOCC(COP(=O)(O)OCC(O)CO)OC(=O)CCCCCCCCCCCCCCCCCCCCCC. The van der Waals surface area contributed by atoms with Gasteiger partial charge in [0.2, 0.25) is 0 Å². The highest BCUT2D eigenvalue weighted by Crippen LogP contribution is 2.43. The van der Waals surface area contributed by atoms with Crippen molar-refractivity contribution in [3.63, 3.8) is 0 Å². The minimum absolute atomic E-state index is 0.0198. The van der Waals surface area contributed by atoms with Gasteiger partial charge in [-0.25, -0.2) is 4.57 Å². The lowest BCUT2D eigenvalue weighted by atomic mass is 10.0. The van der Waals surface area contributed by atoms with Crippen LogP contribution in [0.25, 0.3) is 0 Å². The largest absolute Gasteiger partial charge is 0.472 e. The van der Waals surface area contributed by atoms with E-state index in [1.165, 1.54) is 109 Å². The number of phosphoric ester groups is 1. The zero-order chi connectivity index (χ0) is 43.2. The van der Waals surface area contributed by atoms with Crippen LogP contribution in [0.3, 0.4) is 0 Å². The van der Waals surface area contributed by atoms with E-state index in [1.807, 2.05) is 0 Å². The average Bonchev–Trinajstić information content (AvgIpc) is 3.23. The molecule has 0 aromatic carbocycles. The Morgan fingerprint density at radius 3 is 1.42 bits per heavy atom. The molecule has 0 aliphatic carbocycles. The molecule has 0 rings (SSSR count). The molecule has 3 unspecified atom stereocenters. The number of carbonyl (C=O) groups is 1. The fourth-order valence-electron chi connectivity index (χ4n) is 6.38. The Bertz CT molecular complexity index is 1100. The van der Waals surface area contributed by atoms with Crippen molar-refractivity contribution >= 4 is 13.8 Å². The molecular formula is C49H89O9P. The van der Waals surface area contributed by atoms with Crippen molar-refractivity contribution in [3.8, 4) is 0 Å². The quantitative estimate of drug-likeness (QED) is 0.0237. The van der Waals surface area contributed by atoms with Crippen molar-refractivity contribution < 1.29 is 43.0 Å². The van der Waals surface area contributed by atoms with Crippen molar-refractivity contribution in [3.05, 3.63) is 60.8 Å². The van der Waals surface area contributed by atoms with Crippen molar-refractivity contribution in [2.75, 3.05) is 33.0 Å². The van der Waals surface area contributed by atoms with Crippen LogP contribution in [0, 0.1) is 0 Å². The zero-order valence-electron chi connectivity index (χ0n) is 37.7. The van der Waals surface area contributed by atoms with Gasteiger partial charge in [0.05, 0.1) is 26.4 Å². The number of carbonyl (C=O) groups excluding carboxylic acids is 1. The predicted octanol–water partition coefficient (Wildman–Crippen LogP) is 13.5. The number of esters is 1. The molecule has 0 spiro atoms. The summed E-state index contributed by atoms with van der Waals surface area (Å²) < 4.78 is 33.4. The van der Waals surface area contributed by atoms with Crippen LogP contribution in [-0.4, -0.2) is 66.3 Å². The number of rotatable bonds is 45. The lowest BCUT2D eigenvalue weighted by Crippen LogP contribution is -2.29. The van der Waals surface area contributed by atoms with Crippen LogP contribution in [0.15, 0.2) is 60.8 Å². The van der Waals surface area contributed by atoms with E-state index in [2.05, 4.69) is 74.6 Å². The molecule has 0 saturated carbocycles. The van der Waals surface area contributed by atoms with Gasteiger partial charge < -0.3 is 24.6 Å². The van der Waals surface area contributed by atoms with Crippen LogP contribution < -0.4 is 0 Å². The van der Waals surface area contributed by atoms with Crippen LogP contribution >= 0.6 is 7.82 Å². The van der Waals surface area contributed by atoms with Crippen molar-refractivity contribution in [1.82, 2.24) is 0 Å². The standard InChI is InChI=1S/C49H89O9P/c1-3-5-7-9-11-13-15-17-19-21-23-24-25-27-29-31-33-35-37-39-41-49(52)58-48(46-57-59(53,54)56-44-47(51)43-50)45-55-42-40-38-36-34-32-30-28-26-22-20-18-16-14-12-10-8-6-4-2/h6,8,12,14,18,20,26,28,32,34,47-48,50-51H,3-5,7,9-11,13,15-17,19,21-25,27,29-31,33,35-46H2,1-2H3,(H,53,54)/b8-6-,14-12-,20-18-,28-26-,34-32-. The lowest BCUT2D eigenvalue weighted by Gasteiger charge is -2.20. The first-order valence-electron chi connectivity index (χ1n) is 23.8. The molecule has 59 heavy (non-hydrogen) atoms. The predicted molar refractivity (Wildman–Crippen MR) is 246 cm³/mol. The molecule has 0 bridgehead atoms. The Balaban J connectivity index is 4.18. The topological polar surface area (TPSA) is 132 Å². The van der Waals surface area contributed by atoms with E-state index in [0.717, 1.165) is 70.6 Å². The second kappa shape index (κ2) is 45.7. The van der Waals surface area contributed by atoms with E-state index in [-0.39, 0.29) is 13.0 Å². The number of aliphatic hydroxyl groups is 2. The molecule has 344 valence electrons. The Morgan fingerprint density at radius 1 is 0.542 bits per heavy atom. The summed E-state index contributed by atoms with van der Waals surface area (Å²) in [5, 5.41) is 18.4. The van der Waals surface area contributed by atoms with Crippen molar-refractivity contribution in [2.45, 2.75) is 212 Å². The molecule has 0 aromatic rings. The molecular weight excluding hydrogens is 764 g/mol. The van der Waals surface area contributed by atoms with Gasteiger partial charge in [-0.3, -0.25) is 13.8 Å². The summed E-state index contributed by atoms with van der Waals surface area (Å²) in [6, 6.07) is 0. The Hall–Kier alpha value is -1.84. The maximum atomic E-state index is 12.7. The smallest absolute Gasteiger partial charge is 0.457 e. The van der Waals surface area contributed by atoms with Gasteiger partial charge in [-0.15, -0.1) is 0 Å². The fourth-order valence-corrected chi connectivity index (χ4v) is 7.17. The Morgan fingerprint density at radius 2 is 0.966 bits per heavy atom. The normalized spacial score (nSPS) is 14.5. The van der Waals surface area contributed by atoms with Gasteiger partial charge in [0.15, 0.2) is 0 Å². The number of hydrogen-bond acceptors (Lipinski definition) is 8. The molecule has 0 aliphatic rings. The van der Waals surface area contributed by atoms with Crippen LogP contribution in [0.4, 0.5) is 0 Å². The van der Waals surface area contributed by atoms with Gasteiger partial charge in [-0.2, -0.15) is 0 Å². The third-order valence-electron chi connectivity index (χ3n) is 9.97. The van der Waals surface area contributed by atoms with Gasteiger partial charge in [0.1, 0.15) is 12.2 Å². The molecule has 0 saturated heterocycles. The minimum Gasteiger partial charge on any atom is -0.457 e. The third-order valence-corrected chi connectivity index (χ3v) is 10.9. The molecule has 0 aromatic heterocycles. The maximum absolute atomic E-state index is 12.7. The Labute approximate surface area is 361 Å². The second-order valence-corrected chi connectivity index (χ2v) is 17.2. The van der Waals surface area contributed by atoms with Crippen LogP contribution in [0.2, 0.25) is 0 Å². The molecule has 10 heteroatoms. The molecule has 0 aliphatic heterocycles. The minimum atomic E-state index is -4.53. The van der Waals surface area contributed by atoms with E-state index < -0.39 is 45.8 Å². The summed E-state index contributed by atoms with van der Waals surface area (Å²) in [6.07, 6.45) is 53.3. The Kier molecular flexibility index (Phi) is 44.3. The van der Waals surface area contributed by atoms with E-state index in [0.29, 0.717) is 6.61 Å². The number of allylic oxidation sites excluding steroid dienone is 10. The number of hydrogen-bond donors (Lipinski definition) is 3. The van der Waals surface area contributed by atoms with E-state index in [9.17, 15) is 19.4 Å². The van der Waals surface area contributed by atoms with Gasteiger partial charge >= 0.3 is 13.8 Å². The molecule has 9 nitrogen and oxygen atoms in total. The summed E-state index contributed by atoms with van der Waals surface area (Å²) in [7, 11) is -4.53. The highest BCUT2D eigenvalue weighted by molar-refractivity contribution is 7.47. The monoisotopic (exact) mass is 853 g/mol. The molecule has 0 radical (unpaired) electrons. The van der Waals surface area contributed by atoms with Crippen LogP contribution in [-0.2, 0) is 27.9 Å². The first-order valence-corrected chi connectivity index (χ1v) is 25.3. The van der Waals surface area contributed by atoms with E-state index in [1.54, 1.807) is 0 Å². The summed E-state index contributed by atoms with van der Waals surface area (Å²) in [5.41, 5.74) is 0. The third kappa shape index (κ3) is 45.5. The van der Waals surface area contributed by atoms with Gasteiger partial charge in [0, 0.05) is 13.0 Å². The summed E-state index contributed by atoms with van der Waals surface area (Å²) in [5.74, 6) is -0.396. The number of phosphoric acid groups is 1. The van der Waals surface area contributed by atoms with Gasteiger partial charge in [0.25, 0.3) is 0 Å².